The van der Waals surface area contributed by atoms with Crippen LogP contribution in [0.2, 0.25) is 5.02 Å². The van der Waals surface area contributed by atoms with Crippen LogP contribution in [0.1, 0.15) is 20.7 Å². The summed E-state index contributed by atoms with van der Waals surface area (Å²) in [4.78, 5) is 40.2. The molecule has 0 aliphatic carbocycles. The Bertz CT molecular complexity index is 948. The highest BCUT2D eigenvalue weighted by atomic mass is 79.9. The highest BCUT2D eigenvalue weighted by Crippen LogP contribution is 2.20. The van der Waals surface area contributed by atoms with Gasteiger partial charge in [0, 0.05) is 36.2 Å². The van der Waals surface area contributed by atoms with Crippen molar-refractivity contribution >= 4 is 45.3 Å². The number of piperazine rings is 1. The van der Waals surface area contributed by atoms with E-state index in [9.17, 15) is 18.8 Å². The van der Waals surface area contributed by atoms with E-state index in [0.717, 1.165) is 10.5 Å². The Hall–Kier alpha value is -2.45. The van der Waals surface area contributed by atoms with Crippen LogP contribution in [0.4, 0.5) is 4.39 Å². The molecule has 0 bridgehead atoms. The molecule has 0 radical (unpaired) electrons. The summed E-state index contributed by atoms with van der Waals surface area (Å²) in [5, 5.41) is 2.67. The van der Waals surface area contributed by atoms with Crippen molar-refractivity contribution in [3.8, 4) is 0 Å². The van der Waals surface area contributed by atoms with E-state index >= 15 is 0 Å². The van der Waals surface area contributed by atoms with Gasteiger partial charge in [0.05, 0.1) is 17.1 Å². The van der Waals surface area contributed by atoms with Crippen molar-refractivity contribution in [3.63, 3.8) is 0 Å². The maximum atomic E-state index is 13.2. The van der Waals surface area contributed by atoms with Crippen LogP contribution in [0.15, 0.2) is 46.9 Å². The molecule has 0 saturated carbocycles. The van der Waals surface area contributed by atoms with E-state index in [-0.39, 0.29) is 34.9 Å². The van der Waals surface area contributed by atoms with Gasteiger partial charge in [-0.15, -0.1) is 0 Å². The molecule has 2 aromatic carbocycles. The first-order chi connectivity index (χ1) is 13.8. The van der Waals surface area contributed by atoms with Crippen molar-refractivity contribution in [2.75, 3.05) is 32.7 Å². The normalized spacial score (nSPS) is 13.9. The molecule has 1 fully saturated rings. The number of benzene rings is 2. The molecule has 1 heterocycles. The highest BCUT2D eigenvalue weighted by Gasteiger charge is 2.26. The maximum absolute atomic E-state index is 13.2. The second-order valence-electron chi connectivity index (χ2n) is 6.49. The number of rotatable bonds is 4. The minimum Gasteiger partial charge on any atom is -0.343 e. The molecule has 0 aromatic heterocycles. The summed E-state index contributed by atoms with van der Waals surface area (Å²) in [6.07, 6.45) is 0. The van der Waals surface area contributed by atoms with E-state index in [1.807, 2.05) is 6.07 Å². The summed E-state index contributed by atoms with van der Waals surface area (Å²) in [6.45, 7) is 1.23. The standard InChI is InChI=1S/C20H18BrClFN3O3/c21-14-3-1-2-13(10-14)19(28)24-12-18(27)25-6-8-26(9-7-25)20(29)16-5-4-15(23)11-17(16)22/h1-5,10-11H,6-9,12H2,(H,24,28). The average Bonchev–Trinajstić information content (AvgIpc) is 2.71. The van der Waals surface area contributed by atoms with Gasteiger partial charge in [-0.05, 0) is 36.4 Å². The van der Waals surface area contributed by atoms with Gasteiger partial charge in [0.1, 0.15) is 5.82 Å². The molecule has 1 N–H and O–H groups in total. The van der Waals surface area contributed by atoms with E-state index in [2.05, 4.69) is 21.2 Å². The van der Waals surface area contributed by atoms with Gasteiger partial charge in [0.25, 0.3) is 11.8 Å². The van der Waals surface area contributed by atoms with Crippen molar-refractivity contribution in [1.29, 1.82) is 0 Å². The van der Waals surface area contributed by atoms with Gasteiger partial charge in [-0.1, -0.05) is 33.6 Å². The molecule has 29 heavy (non-hydrogen) atoms. The second-order valence-corrected chi connectivity index (χ2v) is 7.81. The Labute approximate surface area is 180 Å². The Morgan fingerprint density at radius 1 is 1.03 bits per heavy atom. The van der Waals surface area contributed by atoms with Crippen molar-refractivity contribution in [1.82, 2.24) is 15.1 Å². The first-order valence-electron chi connectivity index (χ1n) is 8.91. The molecule has 0 spiro atoms. The van der Waals surface area contributed by atoms with Gasteiger partial charge in [0.15, 0.2) is 0 Å². The van der Waals surface area contributed by atoms with E-state index < -0.39 is 5.82 Å². The average molecular weight is 483 g/mol. The largest absolute Gasteiger partial charge is 0.343 e. The molecule has 2 aromatic rings. The molecule has 1 aliphatic rings. The van der Waals surface area contributed by atoms with E-state index in [4.69, 9.17) is 11.6 Å². The smallest absolute Gasteiger partial charge is 0.255 e. The summed E-state index contributed by atoms with van der Waals surface area (Å²) in [5.74, 6) is -1.36. The number of nitrogens with zero attached hydrogens (tertiary/aromatic N) is 2. The minimum absolute atomic E-state index is 0.0590. The topological polar surface area (TPSA) is 69.7 Å². The fourth-order valence-electron chi connectivity index (χ4n) is 2.99. The number of amides is 3. The van der Waals surface area contributed by atoms with E-state index in [0.29, 0.717) is 31.7 Å². The lowest BCUT2D eigenvalue weighted by Gasteiger charge is -2.35. The van der Waals surface area contributed by atoms with Crippen LogP contribution in [-0.2, 0) is 4.79 Å². The molecule has 0 atom stereocenters. The van der Waals surface area contributed by atoms with E-state index in [1.54, 1.807) is 28.0 Å². The van der Waals surface area contributed by atoms with Gasteiger partial charge in [-0.3, -0.25) is 14.4 Å². The van der Waals surface area contributed by atoms with E-state index in [1.165, 1.54) is 12.1 Å². The molecule has 6 nitrogen and oxygen atoms in total. The lowest BCUT2D eigenvalue weighted by Crippen LogP contribution is -2.52. The van der Waals surface area contributed by atoms with Gasteiger partial charge in [-0.25, -0.2) is 4.39 Å². The zero-order valence-corrected chi connectivity index (χ0v) is 17.7. The molecular weight excluding hydrogens is 465 g/mol. The predicted octanol–water partition coefficient (Wildman–Crippen LogP) is 2.96. The van der Waals surface area contributed by atoms with Gasteiger partial charge in [0.2, 0.25) is 5.91 Å². The first kappa shape index (κ1) is 21.3. The molecule has 1 saturated heterocycles. The molecule has 152 valence electrons. The Morgan fingerprint density at radius 2 is 1.72 bits per heavy atom. The third-order valence-corrected chi connectivity index (χ3v) is 5.37. The van der Waals surface area contributed by atoms with Gasteiger partial charge < -0.3 is 15.1 Å². The number of nitrogens with one attached hydrogen (secondary N) is 1. The zero-order valence-electron chi connectivity index (χ0n) is 15.3. The number of hydrogen-bond acceptors (Lipinski definition) is 3. The summed E-state index contributed by atoms with van der Waals surface area (Å²) >= 11 is 9.26. The summed E-state index contributed by atoms with van der Waals surface area (Å²) in [6, 6.07) is 10.5. The third kappa shape index (κ3) is 5.33. The molecule has 0 unspecified atom stereocenters. The lowest BCUT2D eigenvalue weighted by atomic mass is 10.1. The Balaban J connectivity index is 1.50. The van der Waals surface area contributed by atoms with Crippen LogP contribution in [0.5, 0.6) is 0 Å². The second kappa shape index (κ2) is 9.37. The molecule has 3 amide bonds. The van der Waals surface area contributed by atoms with Crippen molar-refractivity contribution in [2.24, 2.45) is 0 Å². The van der Waals surface area contributed by atoms with Crippen LogP contribution >= 0.6 is 27.5 Å². The number of halogens is 3. The first-order valence-corrected chi connectivity index (χ1v) is 10.1. The van der Waals surface area contributed by atoms with Crippen molar-refractivity contribution in [3.05, 3.63) is 68.9 Å². The molecule has 1 aliphatic heterocycles. The number of carbonyl (C=O) groups is 3. The summed E-state index contributed by atoms with van der Waals surface area (Å²) in [5.41, 5.74) is 0.688. The van der Waals surface area contributed by atoms with Crippen molar-refractivity contribution in [2.45, 2.75) is 0 Å². The Morgan fingerprint density at radius 3 is 2.38 bits per heavy atom. The predicted molar refractivity (Wildman–Crippen MR) is 110 cm³/mol. The summed E-state index contributed by atoms with van der Waals surface area (Å²) < 4.78 is 13.9. The lowest BCUT2D eigenvalue weighted by molar-refractivity contribution is -0.131. The molecular formula is C20H18BrClFN3O3. The van der Waals surface area contributed by atoms with Gasteiger partial charge in [-0.2, -0.15) is 0 Å². The third-order valence-electron chi connectivity index (χ3n) is 4.57. The quantitative estimate of drug-likeness (QED) is 0.728. The fourth-order valence-corrected chi connectivity index (χ4v) is 3.64. The summed E-state index contributed by atoms with van der Waals surface area (Å²) in [7, 11) is 0. The molecule has 3 rings (SSSR count). The zero-order chi connectivity index (χ0) is 21.0. The number of hydrogen-bond donors (Lipinski definition) is 1. The van der Waals surface area contributed by atoms with Crippen LogP contribution in [0.25, 0.3) is 0 Å². The van der Waals surface area contributed by atoms with Crippen LogP contribution < -0.4 is 5.32 Å². The highest BCUT2D eigenvalue weighted by molar-refractivity contribution is 9.10. The van der Waals surface area contributed by atoms with Crippen LogP contribution in [-0.4, -0.2) is 60.2 Å². The maximum Gasteiger partial charge on any atom is 0.255 e. The van der Waals surface area contributed by atoms with Gasteiger partial charge >= 0.3 is 0 Å². The molecule has 9 heteroatoms. The Kier molecular flexibility index (Phi) is 6.87. The van der Waals surface area contributed by atoms with Crippen LogP contribution in [0, 0.1) is 5.82 Å². The van der Waals surface area contributed by atoms with Crippen molar-refractivity contribution < 1.29 is 18.8 Å². The monoisotopic (exact) mass is 481 g/mol. The minimum atomic E-state index is -0.508. The fraction of sp³-hybridized carbons (Fsp3) is 0.250. The van der Waals surface area contributed by atoms with Crippen LogP contribution in [0.3, 0.4) is 0 Å². The SMILES string of the molecule is O=C(NCC(=O)N1CCN(C(=O)c2ccc(F)cc2Cl)CC1)c1cccc(Br)c1. The number of carbonyl (C=O) groups excluding carboxylic acids is 3.